The van der Waals surface area contributed by atoms with E-state index in [4.69, 9.17) is 5.73 Å². The summed E-state index contributed by atoms with van der Waals surface area (Å²) in [7, 11) is 0. The molecule has 100 valence electrons. The standard InChI is InChI=1S/C14H21BrN2O/c1-9(2)6-11(8-16)14(18)17-13-5-4-10(3)7-12(13)15/h4-5,7,9,11H,6,8,16H2,1-3H3,(H,17,18). The Labute approximate surface area is 117 Å². The van der Waals surface area contributed by atoms with Crippen LogP contribution in [-0.4, -0.2) is 12.5 Å². The molecule has 1 unspecified atom stereocenters. The van der Waals surface area contributed by atoms with Crippen molar-refractivity contribution in [2.24, 2.45) is 17.6 Å². The maximum absolute atomic E-state index is 12.1. The fourth-order valence-corrected chi connectivity index (χ4v) is 2.43. The number of anilines is 1. The van der Waals surface area contributed by atoms with Gasteiger partial charge < -0.3 is 11.1 Å². The molecule has 0 saturated carbocycles. The molecule has 0 spiro atoms. The Bertz CT molecular complexity index is 418. The van der Waals surface area contributed by atoms with Gasteiger partial charge in [-0.3, -0.25) is 4.79 Å². The highest BCUT2D eigenvalue weighted by Gasteiger charge is 2.18. The van der Waals surface area contributed by atoms with Gasteiger partial charge in [0.2, 0.25) is 5.91 Å². The molecule has 0 aliphatic carbocycles. The summed E-state index contributed by atoms with van der Waals surface area (Å²) in [6, 6.07) is 5.86. The number of halogens is 1. The van der Waals surface area contributed by atoms with E-state index >= 15 is 0 Å². The van der Waals surface area contributed by atoms with Gasteiger partial charge in [0.05, 0.1) is 11.6 Å². The summed E-state index contributed by atoms with van der Waals surface area (Å²) in [5.41, 5.74) is 7.61. The topological polar surface area (TPSA) is 55.1 Å². The Hall–Kier alpha value is -0.870. The van der Waals surface area contributed by atoms with E-state index in [1.807, 2.05) is 25.1 Å². The molecule has 1 aromatic carbocycles. The lowest BCUT2D eigenvalue weighted by molar-refractivity contribution is -0.120. The Morgan fingerprint density at radius 3 is 2.61 bits per heavy atom. The van der Waals surface area contributed by atoms with Crippen molar-refractivity contribution in [2.75, 3.05) is 11.9 Å². The largest absolute Gasteiger partial charge is 0.330 e. The lowest BCUT2D eigenvalue weighted by Crippen LogP contribution is -2.30. The first kappa shape index (κ1) is 15.2. The number of aryl methyl sites for hydroxylation is 1. The molecule has 0 bridgehead atoms. The molecule has 0 fully saturated rings. The second-order valence-corrected chi connectivity index (χ2v) is 5.89. The molecule has 3 N–H and O–H groups in total. The summed E-state index contributed by atoms with van der Waals surface area (Å²) in [5.74, 6) is 0.333. The van der Waals surface area contributed by atoms with Gasteiger partial charge in [0, 0.05) is 11.0 Å². The van der Waals surface area contributed by atoms with Crippen molar-refractivity contribution in [3.63, 3.8) is 0 Å². The van der Waals surface area contributed by atoms with Crippen LogP contribution in [0.3, 0.4) is 0 Å². The lowest BCUT2D eigenvalue weighted by atomic mass is 9.96. The van der Waals surface area contributed by atoms with E-state index in [0.717, 1.165) is 22.1 Å². The average Bonchev–Trinajstić information content (AvgIpc) is 2.29. The molecule has 0 aliphatic heterocycles. The summed E-state index contributed by atoms with van der Waals surface area (Å²) < 4.78 is 0.899. The molecular weight excluding hydrogens is 292 g/mol. The summed E-state index contributed by atoms with van der Waals surface area (Å²) in [6.45, 7) is 6.58. The van der Waals surface area contributed by atoms with Crippen LogP contribution in [0.5, 0.6) is 0 Å². The van der Waals surface area contributed by atoms with Crippen molar-refractivity contribution in [3.8, 4) is 0 Å². The van der Waals surface area contributed by atoms with E-state index in [-0.39, 0.29) is 11.8 Å². The van der Waals surface area contributed by atoms with E-state index in [1.54, 1.807) is 0 Å². The third-order valence-electron chi connectivity index (χ3n) is 2.79. The lowest BCUT2D eigenvalue weighted by Gasteiger charge is -2.17. The predicted molar refractivity (Wildman–Crippen MR) is 79.5 cm³/mol. The highest BCUT2D eigenvalue weighted by atomic mass is 79.9. The SMILES string of the molecule is Cc1ccc(NC(=O)C(CN)CC(C)C)c(Br)c1. The number of hydrogen-bond acceptors (Lipinski definition) is 2. The van der Waals surface area contributed by atoms with Gasteiger partial charge in [0.1, 0.15) is 0 Å². The normalized spacial score (nSPS) is 12.6. The van der Waals surface area contributed by atoms with Crippen LogP contribution in [-0.2, 0) is 4.79 Å². The number of rotatable bonds is 5. The minimum Gasteiger partial charge on any atom is -0.330 e. The quantitative estimate of drug-likeness (QED) is 0.876. The highest BCUT2D eigenvalue weighted by molar-refractivity contribution is 9.10. The number of nitrogens with two attached hydrogens (primary N) is 1. The van der Waals surface area contributed by atoms with Crippen LogP contribution in [0.15, 0.2) is 22.7 Å². The Balaban J connectivity index is 2.73. The Kier molecular flexibility index (Phi) is 5.82. The summed E-state index contributed by atoms with van der Waals surface area (Å²) in [4.78, 5) is 12.1. The molecule has 0 radical (unpaired) electrons. The maximum atomic E-state index is 12.1. The Morgan fingerprint density at radius 1 is 1.44 bits per heavy atom. The van der Waals surface area contributed by atoms with Gasteiger partial charge in [0.25, 0.3) is 0 Å². The highest BCUT2D eigenvalue weighted by Crippen LogP contribution is 2.24. The molecule has 1 aromatic rings. The van der Waals surface area contributed by atoms with Crippen LogP contribution >= 0.6 is 15.9 Å². The van der Waals surface area contributed by atoms with Crippen LogP contribution in [0, 0.1) is 18.8 Å². The van der Waals surface area contributed by atoms with Gasteiger partial charge in [-0.25, -0.2) is 0 Å². The molecule has 4 heteroatoms. The number of benzene rings is 1. The molecular formula is C14H21BrN2O. The van der Waals surface area contributed by atoms with Crippen molar-refractivity contribution >= 4 is 27.5 Å². The molecule has 0 heterocycles. The van der Waals surface area contributed by atoms with Crippen molar-refractivity contribution in [1.82, 2.24) is 0 Å². The second-order valence-electron chi connectivity index (χ2n) is 5.03. The maximum Gasteiger partial charge on any atom is 0.228 e. The fraction of sp³-hybridized carbons (Fsp3) is 0.500. The molecule has 0 saturated heterocycles. The van der Waals surface area contributed by atoms with Crippen LogP contribution in [0.25, 0.3) is 0 Å². The molecule has 1 atom stereocenters. The average molecular weight is 313 g/mol. The first-order valence-corrected chi connectivity index (χ1v) is 7.00. The zero-order chi connectivity index (χ0) is 13.7. The van der Waals surface area contributed by atoms with E-state index < -0.39 is 0 Å². The molecule has 18 heavy (non-hydrogen) atoms. The zero-order valence-electron chi connectivity index (χ0n) is 11.2. The molecule has 0 aromatic heterocycles. The third-order valence-corrected chi connectivity index (χ3v) is 3.45. The molecule has 0 aliphatic rings. The van der Waals surface area contributed by atoms with Crippen molar-refractivity contribution in [1.29, 1.82) is 0 Å². The Morgan fingerprint density at radius 2 is 2.11 bits per heavy atom. The number of hydrogen-bond donors (Lipinski definition) is 2. The van der Waals surface area contributed by atoms with Crippen LogP contribution < -0.4 is 11.1 Å². The predicted octanol–water partition coefficient (Wildman–Crippen LogP) is 3.32. The van der Waals surface area contributed by atoms with Gasteiger partial charge in [-0.1, -0.05) is 19.9 Å². The van der Waals surface area contributed by atoms with Gasteiger partial charge in [0.15, 0.2) is 0 Å². The molecule has 1 amide bonds. The van der Waals surface area contributed by atoms with Crippen molar-refractivity contribution in [3.05, 3.63) is 28.2 Å². The van der Waals surface area contributed by atoms with Gasteiger partial charge >= 0.3 is 0 Å². The second kappa shape index (κ2) is 6.90. The smallest absolute Gasteiger partial charge is 0.228 e. The summed E-state index contributed by atoms with van der Waals surface area (Å²) >= 11 is 3.45. The van der Waals surface area contributed by atoms with Gasteiger partial charge in [-0.15, -0.1) is 0 Å². The first-order chi connectivity index (χ1) is 8.43. The minimum atomic E-state index is -0.127. The molecule has 3 nitrogen and oxygen atoms in total. The number of amides is 1. The van der Waals surface area contributed by atoms with Crippen molar-refractivity contribution < 1.29 is 4.79 Å². The summed E-state index contributed by atoms with van der Waals surface area (Å²) in [5, 5.41) is 2.93. The van der Waals surface area contributed by atoms with Gasteiger partial charge in [-0.2, -0.15) is 0 Å². The number of carbonyl (C=O) groups excluding carboxylic acids is 1. The summed E-state index contributed by atoms with van der Waals surface area (Å²) in [6.07, 6.45) is 0.811. The fourth-order valence-electron chi connectivity index (χ4n) is 1.84. The first-order valence-electron chi connectivity index (χ1n) is 6.21. The monoisotopic (exact) mass is 312 g/mol. The van der Waals surface area contributed by atoms with Crippen LogP contribution in [0.2, 0.25) is 0 Å². The minimum absolute atomic E-state index is 0.00393. The van der Waals surface area contributed by atoms with E-state index in [9.17, 15) is 4.79 Å². The molecule has 1 rings (SSSR count). The van der Waals surface area contributed by atoms with E-state index in [1.165, 1.54) is 0 Å². The number of carbonyl (C=O) groups is 1. The zero-order valence-corrected chi connectivity index (χ0v) is 12.8. The van der Waals surface area contributed by atoms with E-state index in [0.29, 0.717) is 12.5 Å². The number of nitrogens with one attached hydrogen (secondary N) is 1. The van der Waals surface area contributed by atoms with E-state index in [2.05, 4.69) is 35.1 Å². The van der Waals surface area contributed by atoms with Gasteiger partial charge in [-0.05, 0) is 52.9 Å². The van der Waals surface area contributed by atoms with Crippen molar-refractivity contribution in [2.45, 2.75) is 27.2 Å². The van der Waals surface area contributed by atoms with Crippen LogP contribution in [0.1, 0.15) is 25.8 Å². The third kappa shape index (κ3) is 4.42. The van der Waals surface area contributed by atoms with Crippen LogP contribution in [0.4, 0.5) is 5.69 Å².